The lowest BCUT2D eigenvalue weighted by atomic mass is 10.1. The number of rotatable bonds is 5. The van der Waals surface area contributed by atoms with Crippen molar-refractivity contribution >= 4 is 10.9 Å². The van der Waals surface area contributed by atoms with E-state index in [4.69, 9.17) is 14.2 Å². The van der Waals surface area contributed by atoms with E-state index in [0.29, 0.717) is 33.0 Å². The van der Waals surface area contributed by atoms with E-state index in [0.717, 1.165) is 5.56 Å². The fourth-order valence-electron chi connectivity index (χ4n) is 2.81. The molecule has 0 aliphatic carbocycles. The number of pyridine rings is 1. The molecule has 7 nitrogen and oxygen atoms in total. The topological polar surface area (TPSA) is 80.4 Å². The van der Waals surface area contributed by atoms with Gasteiger partial charge in [0.1, 0.15) is 0 Å². The van der Waals surface area contributed by atoms with Gasteiger partial charge in [0.2, 0.25) is 5.88 Å². The highest BCUT2D eigenvalue weighted by molar-refractivity contribution is 5.88. The van der Waals surface area contributed by atoms with Crippen LogP contribution in [0.4, 0.5) is 0 Å². The molecule has 0 aliphatic heterocycles. The minimum absolute atomic E-state index is 0.108. The molecule has 2 aromatic heterocycles. The van der Waals surface area contributed by atoms with Crippen LogP contribution < -0.4 is 18.9 Å². The van der Waals surface area contributed by atoms with Gasteiger partial charge in [-0.2, -0.15) is 4.98 Å². The molecule has 0 fully saturated rings. The minimum Gasteiger partial charge on any atom is -0.616 e. The third-order valence-electron chi connectivity index (χ3n) is 4.19. The maximum Gasteiger partial charge on any atom is 0.386 e. The van der Waals surface area contributed by atoms with Gasteiger partial charge in [0.05, 0.1) is 31.2 Å². The first-order valence-electron chi connectivity index (χ1n) is 8.55. The molecule has 4 aromatic rings. The van der Waals surface area contributed by atoms with Crippen molar-refractivity contribution in [3.63, 3.8) is 0 Å². The smallest absolute Gasteiger partial charge is 0.386 e. The molecule has 0 radical (unpaired) electrons. The van der Waals surface area contributed by atoms with Gasteiger partial charge in [0, 0.05) is 17.7 Å². The molecule has 0 spiro atoms. The minimum atomic E-state index is 0.108. The van der Waals surface area contributed by atoms with Crippen LogP contribution in [0.1, 0.15) is 0 Å². The maximum absolute atomic E-state index is 12.0. The largest absolute Gasteiger partial charge is 0.616 e. The summed E-state index contributed by atoms with van der Waals surface area (Å²) in [6.07, 6.45) is 1.36. The summed E-state index contributed by atoms with van der Waals surface area (Å²) in [4.78, 5) is 9.20. The van der Waals surface area contributed by atoms with Gasteiger partial charge in [-0.25, -0.2) is 4.98 Å². The van der Waals surface area contributed by atoms with E-state index < -0.39 is 0 Å². The lowest BCUT2D eigenvalue weighted by molar-refractivity contribution is -0.611. The Morgan fingerprint density at radius 1 is 0.857 bits per heavy atom. The third kappa shape index (κ3) is 3.25. The summed E-state index contributed by atoms with van der Waals surface area (Å²) in [7, 11) is 3.11. The van der Waals surface area contributed by atoms with Crippen LogP contribution in [0.25, 0.3) is 22.3 Å². The normalized spacial score (nSPS) is 10.6. The summed E-state index contributed by atoms with van der Waals surface area (Å²) in [6, 6.07) is 17.9. The van der Waals surface area contributed by atoms with Gasteiger partial charge in [0.25, 0.3) is 0 Å². The van der Waals surface area contributed by atoms with Crippen LogP contribution in [0.2, 0.25) is 0 Å². The highest BCUT2D eigenvalue weighted by Gasteiger charge is 2.18. The van der Waals surface area contributed by atoms with Gasteiger partial charge >= 0.3 is 5.88 Å². The number of hydrogen-bond donors (Lipinski definition) is 0. The van der Waals surface area contributed by atoms with Crippen LogP contribution in [0.5, 0.6) is 23.3 Å². The molecule has 0 saturated carbocycles. The van der Waals surface area contributed by atoms with E-state index in [1.807, 2.05) is 30.3 Å². The van der Waals surface area contributed by atoms with Crippen LogP contribution in [-0.2, 0) is 0 Å². The van der Waals surface area contributed by atoms with E-state index in [9.17, 15) is 5.21 Å². The quantitative estimate of drug-likeness (QED) is 0.390. The zero-order valence-corrected chi connectivity index (χ0v) is 15.3. The number of fused-ring (bicyclic) bond motifs is 1. The first-order chi connectivity index (χ1) is 13.7. The van der Waals surface area contributed by atoms with Crippen LogP contribution in [0.15, 0.2) is 66.9 Å². The Labute approximate surface area is 161 Å². The average Bonchev–Trinajstić information content (AvgIpc) is 2.74. The van der Waals surface area contributed by atoms with Crippen LogP contribution in [0.3, 0.4) is 0 Å². The first-order valence-corrected chi connectivity index (χ1v) is 8.55. The Morgan fingerprint density at radius 3 is 2.29 bits per heavy atom. The lowest BCUT2D eigenvalue weighted by Gasteiger charge is -2.13. The zero-order chi connectivity index (χ0) is 19.5. The maximum atomic E-state index is 12.0. The summed E-state index contributed by atoms with van der Waals surface area (Å²) >= 11 is 0. The molecule has 2 heterocycles. The summed E-state index contributed by atoms with van der Waals surface area (Å²) in [5.74, 6) is 1.89. The highest BCUT2D eigenvalue weighted by Crippen LogP contribution is 2.37. The van der Waals surface area contributed by atoms with Crippen molar-refractivity contribution in [2.45, 2.75) is 0 Å². The van der Waals surface area contributed by atoms with E-state index in [2.05, 4.69) is 9.97 Å². The average molecular weight is 375 g/mol. The van der Waals surface area contributed by atoms with Gasteiger partial charge in [-0.05, 0) is 12.1 Å². The predicted molar refractivity (Wildman–Crippen MR) is 104 cm³/mol. The van der Waals surface area contributed by atoms with Crippen molar-refractivity contribution in [2.75, 3.05) is 14.2 Å². The van der Waals surface area contributed by atoms with Gasteiger partial charge in [-0.1, -0.05) is 30.3 Å². The monoisotopic (exact) mass is 375 g/mol. The standard InChI is InChI=1S/C21H17N3O4/c1-26-17-12-15-16(13-18(17)27-2)22-20(14-8-4-3-5-9-14)23-21(15)28-19-10-6-7-11-24(19)25/h3-13H,1-2H3. The van der Waals surface area contributed by atoms with E-state index in [-0.39, 0.29) is 11.8 Å². The van der Waals surface area contributed by atoms with Crippen molar-refractivity contribution in [3.05, 3.63) is 72.1 Å². The van der Waals surface area contributed by atoms with Crippen LogP contribution >= 0.6 is 0 Å². The Kier molecular flexibility index (Phi) is 4.63. The summed E-state index contributed by atoms with van der Waals surface area (Å²) in [5, 5.41) is 12.6. The molecule has 7 heteroatoms. The van der Waals surface area contributed by atoms with E-state index in [1.165, 1.54) is 6.20 Å². The molecule has 0 amide bonds. The molecule has 28 heavy (non-hydrogen) atoms. The predicted octanol–water partition coefficient (Wildman–Crippen LogP) is 3.74. The van der Waals surface area contributed by atoms with Gasteiger partial charge in [-0.3, -0.25) is 0 Å². The Hall–Kier alpha value is -3.87. The van der Waals surface area contributed by atoms with Crippen LogP contribution in [-0.4, -0.2) is 24.2 Å². The molecule has 4 rings (SSSR count). The Balaban J connectivity index is 1.95. The second-order valence-electron chi connectivity index (χ2n) is 5.91. The molecule has 0 N–H and O–H groups in total. The second-order valence-corrected chi connectivity index (χ2v) is 5.91. The fourth-order valence-corrected chi connectivity index (χ4v) is 2.81. The number of methoxy groups -OCH3 is 2. The molecular formula is C21H17N3O4. The van der Waals surface area contributed by atoms with Crippen LogP contribution in [0, 0.1) is 5.21 Å². The fraction of sp³-hybridized carbons (Fsp3) is 0.0952. The molecule has 140 valence electrons. The number of benzene rings is 2. The second kappa shape index (κ2) is 7.40. The highest BCUT2D eigenvalue weighted by atomic mass is 16.6. The van der Waals surface area contributed by atoms with Gasteiger partial charge < -0.3 is 19.4 Å². The van der Waals surface area contributed by atoms with Gasteiger partial charge in [0.15, 0.2) is 23.5 Å². The third-order valence-corrected chi connectivity index (χ3v) is 4.19. The SMILES string of the molecule is COc1cc2nc(-c3ccccc3)nc(Oc3cccc[n+]3[O-])c2cc1OC. The van der Waals surface area contributed by atoms with E-state index >= 15 is 0 Å². The van der Waals surface area contributed by atoms with Crippen molar-refractivity contribution in [1.82, 2.24) is 9.97 Å². The lowest BCUT2D eigenvalue weighted by Crippen LogP contribution is -2.27. The van der Waals surface area contributed by atoms with Crippen molar-refractivity contribution in [1.29, 1.82) is 0 Å². The first kappa shape index (κ1) is 17.5. The number of hydrogen-bond acceptors (Lipinski definition) is 6. The van der Waals surface area contributed by atoms with Crippen molar-refractivity contribution in [3.8, 4) is 34.6 Å². The zero-order valence-electron chi connectivity index (χ0n) is 15.3. The van der Waals surface area contributed by atoms with E-state index in [1.54, 1.807) is 44.6 Å². The van der Waals surface area contributed by atoms with Crippen molar-refractivity contribution in [2.24, 2.45) is 0 Å². The number of aromatic nitrogens is 3. The molecule has 0 aliphatic rings. The number of ether oxygens (including phenoxy) is 3. The summed E-state index contributed by atoms with van der Waals surface area (Å²) in [5.41, 5.74) is 1.43. The Morgan fingerprint density at radius 2 is 1.57 bits per heavy atom. The molecule has 0 bridgehead atoms. The molecule has 0 atom stereocenters. The molecule has 0 unspecified atom stereocenters. The van der Waals surface area contributed by atoms with Crippen molar-refractivity contribution < 1.29 is 18.9 Å². The molecule has 2 aromatic carbocycles. The molecular weight excluding hydrogens is 358 g/mol. The summed E-state index contributed by atoms with van der Waals surface area (Å²) < 4.78 is 17.3. The Bertz CT molecular complexity index is 1130. The summed E-state index contributed by atoms with van der Waals surface area (Å²) in [6.45, 7) is 0. The number of nitrogens with zero attached hydrogens (tertiary/aromatic N) is 3. The van der Waals surface area contributed by atoms with Gasteiger partial charge in [-0.15, -0.1) is 4.73 Å². The molecule has 0 saturated heterocycles.